The van der Waals surface area contributed by atoms with Gasteiger partial charge in [-0.05, 0) is 48.2 Å². The van der Waals surface area contributed by atoms with Crippen molar-refractivity contribution in [3.05, 3.63) is 89.7 Å². The van der Waals surface area contributed by atoms with Crippen LogP contribution in [0.15, 0.2) is 72.9 Å². The second-order valence-corrected chi connectivity index (χ2v) is 11.6. The fourth-order valence-corrected chi connectivity index (χ4v) is 5.07. The van der Waals surface area contributed by atoms with Crippen LogP contribution in [0, 0.1) is 6.92 Å². The molecule has 3 aromatic rings. The molecule has 1 aliphatic rings. The maximum Gasteiger partial charge on any atom is 0.411 e. The van der Waals surface area contributed by atoms with Crippen molar-refractivity contribution >= 4 is 16.1 Å². The van der Waals surface area contributed by atoms with E-state index in [0.717, 1.165) is 27.9 Å². The fraction of sp³-hybridized carbons (Fsp3) is 0.357. The Bertz CT molecular complexity index is 1310. The molecule has 2 heterocycles. The van der Waals surface area contributed by atoms with Gasteiger partial charge in [-0.25, -0.2) is 17.5 Å². The summed E-state index contributed by atoms with van der Waals surface area (Å²) in [4.78, 5) is 19.3. The molecule has 36 heavy (non-hydrogen) atoms. The van der Waals surface area contributed by atoms with Gasteiger partial charge in [-0.3, -0.25) is 4.98 Å². The summed E-state index contributed by atoms with van der Waals surface area (Å²) in [6.07, 6.45) is 3.54. The number of nitrogens with zero attached hydrogens (tertiary/aromatic N) is 3. The first-order chi connectivity index (χ1) is 17.1. The van der Waals surface area contributed by atoms with E-state index < -0.39 is 21.7 Å². The maximum atomic E-state index is 13.3. The summed E-state index contributed by atoms with van der Waals surface area (Å²) in [7, 11) is -1.79. The van der Waals surface area contributed by atoms with Gasteiger partial charge < -0.3 is 9.64 Å². The highest BCUT2D eigenvalue weighted by atomic mass is 32.2. The molecule has 0 N–H and O–H groups in total. The van der Waals surface area contributed by atoms with E-state index in [1.165, 1.54) is 10.6 Å². The molecule has 1 unspecified atom stereocenters. The number of hydrogen-bond donors (Lipinski definition) is 0. The molecule has 1 fully saturated rings. The summed E-state index contributed by atoms with van der Waals surface area (Å²) >= 11 is 0. The summed E-state index contributed by atoms with van der Waals surface area (Å²) in [6, 6.07) is 21.7. The van der Waals surface area contributed by atoms with Crippen LogP contribution in [0.3, 0.4) is 0 Å². The van der Waals surface area contributed by atoms with Crippen molar-refractivity contribution in [2.45, 2.75) is 38.3 Å². The topological polar surface area (TPSA) is 79.8 Å². The van der Waals surface area contributed by atoms with Gasteiger partial charge in [0.15, 0.2) is 0 Å². The molecule has 1 saturated heterocycles. The maximum absolute atomic E-state index is 13.3. The van der Waals surface area contributed by atoms with Crippen LogP contribution in [-0.4, -0.2) is 55.1 Å². The molecule has 1 amide bonds. The second kappa shape index (κ2) is 10.4. The lowest BCUT2D eigenvalue weighted by Crippen LogP contribution is -2.49. The largest absolute Gasteiger partial charge is 0.438 e. The van der Waals surface area contributed by atoms with Gasteiger partial charge in [-0.15, -0.1) is 0 Å². The summed E-state index contributed by atoms with van der Waals surface area (Å²) in [5.41, 5.74) is 4.18. The van der Waals surface area contributed by atoms with Gasteiger partial charge in [0.1, 0.15) is 5.60 Å². The highest BCUT2D eigenvalue weighted by Crippen LogP contribution is 2.40. The zero-order valence-corrected chi connectivity index (χ0v) is 22.0. The van der Waals surface area contributed by atoms with E-state index in [4.69, 9.17) is 4.74 Å². The van der Waals surface area contributed by atoms with E-state index >= 15 is 0 Å². The molecule has 190 valence electrons. The zero-order chi connectivity index (χ0) is 25.9. The minimum atomic E-state index is -3.33. The number of amides is 1. The van der Waals surface area contributed by atoms with E-state index in [1.807, 2.05) is 68.4 Å². The molecular formula is C28H33N3O4S. The van der Waals surface area contributed by atoms with Gasteiger partial charge in [-0.2, -0.15) is 0 Å². The van der Waals surface area contributed by atoms with Crippen LogP contribution in [0.4, 0.5) is 4.79 Å². The number of aryl methyl sites for hydroxylation is 1. The van der Waals surface area contributed by atoms with Crippen molar-refractivity contribution in [1.82, 2.24) is 14.2 Å². The third-order valence-electron chi connectivity index (χ3n) is 7.06. The van der Waals surface area contributed by atoms with Crippen LogP contribution in [-0.2, 0) is 20.4 Å². The highest BCUT2D eigenvalue weighted by Gasteiger charge is 2.43. The SMILES string of the molecule is Cc1cc(-c2ccc([C@H](C)N3CCC(CCN(C)S(C)(=O)=O)(c4ccccc4)OC3=O)cc2)ccn1. The van der Waals surface area contributed by atoms with Crippen molar-refractivity contribution in [3.63, 3.8) is 0 Å². The third kappa shape index (κ3) is 5.60. The molecule has 8 heteroatoms. The molecule has 0 aliphatic carbocycles. The number of carbonyl (C=O) groups is 1. The van der Waals surface area contributed by atoms with Crippen LogP contribution in [0.5, 0.6) is 0 Å². The van der Waals surface area contributed by atoms with Gasteiger partial charge in [0.25, 0.3) is 0 Å². The Morgan fingerprint density at radius 3 is 2.39 bits per heavy atom. The Balaban J connectivity index is 1.52. The molecule has 1 aliphatic heterocycles. The number of sulfonamides is 1. The number of ether oxygens (including phenoxy) is 1. The Labute approximate surface area is 213 Å². The molecular weight excluding hydrogens is 474 g/mol. The standard InChI is InChI=1S/C28H33N3O4S/c1-21-20-25(14-17-29-21)24-12-10-23(11-13-24)22(2)31-19-16-28(35-27(31)32,26-8-6-5-7-9-26)15-18-30(3)36(4,33)34/h5-14,17,20,22H,15-16,18-19H2,1-4H3/t22-,28?/m0/s1. The predicted molar refractivity (Wildman–Crippen MR) is 141 cm³/mol. The molecule has 1 aromatic heterocycles. The monoisotopic (exact) mass is 507 g/mol. The molecule has 2 aromatic carbocycles. The summed E-state index contributed by atoms with van der Waals surface area (Å²) in [6.45, 7) is 4.73. The predicted octanol–water partition coefficient (Wildman–Crippen LogP) is 5.14. The third-order valence-corrected chi connectivity index (χ3v) is 8.38. The Kier molecular flexibility index (Phi) is 7.47. The van der Waals surface area contributed by atoms with Crippen molar-refractivity contribution < 1.29 is 17.9 Å². The first-order valence-electron chi connectivity index (χ1n) is 12.1. The smallest absolute Gasteiger partial charge is 0.411 e. The number of benzene rings is 2. The normalized spacial score (nSPS) is 19.2. The first kappa shape index (κ1) is 25.9. The van der Waals surface area contributed by atoms with E-state index in [2.05, 4.69) is 17.1 Å². The Morgan fingerprint density at radius 2 is 1.78 bits per heavy atom. The lowest BCUT2D eigenvalue weighted by Gasteiger charge is -2.44. The van der Waals surface area contributed by atoms with Crippen molar-refractivity contribution in [3.8, 4) is 11.1 Å². The minimum Gasteiger partial charge on any atom is -0.438 e. The van der Waals surface area contributed by atoms with Crippen molar-refractivity contribution in [2.75, 3.05) is 26.4 Å². The first-order valence-corrected chi connectivity index (χ1v) is 13.9. The lowest BCUT2D eigenvalue weighted by atomic mass is 9.85. The van der Waals surface area contributed by atoms with Crippen LogP contribution in [0.25, 0.3) is 11.1 Å². The van der Waals surface area contributed by atoms with E-state index in [-0.39, 0.29) is 12.6 Å². The highest BCUT2D eigenvalue weighted by molar-refractivity contribution is 7.88. The van der Waals surface area contributed by atoms with Gasteiger partial charge in [0.2, 0.25) is 10.0 Å². The van der Waals surface area contributed by atoms with Crippen molar-refractivity contribution in [1.29, 1.82) is 0 Å². The van der Waals surface area contributed by atoms with Crippen LogP contribution >= 0.6 is 0 Å². The van der Waals surface area contributed by atoms with E-state index in [1.54, 1.807) is 18.1 Å². The lowest BCUT2D eigenvalue weighted by molar-refractivity contribution is -0.0666. The van der Waals surface area contributed by atoms with Crippen LogP contribution < -0.4 is 0 Å². The minimum absolute atomic E-state index is 0.168. The fourth-order valence-electron chi connectivity index (χ4n) is 4.65. The van der Waals surface area contributed by atoms with E-state index in [0.29, 0.717) is 19.4 Å². The van der Waals surface area contributed by atoms with Gasteiger partial charge >= 0.3 is 6.09 Å². The van der Waals surface area contributed by atoms with Crippen molar-refractivity contribution in [2.24, 2.45) is 0 Å². The molecule has 0 saturated carbocycles. The average molecular weight is 508 g/mol. The Morgan fingerprint density at radius 1 is 1.08 bits per heavy atom. The van der Waals surface area contributed by atoms with Gasteiger partial charge in [0.05, 0.1) is 12.3 Å². The van der Waals surface area contributed by atoms with Crippen LogP contribution in [0.1, 0.15) is 42.6 Å². The average Bonchev–Trinajstić information content (AvgIpc) is 2.87. The quantitative estimate of drug-likeness (QED) is 0.422. The molecule has 2 atom stereocenters. The molecule has 0 spiro atoms. The van der Waals surface area contributed by atoms with Crippen LogP contribution in [0.2, 0.25) is 0 Å². The zero-order valence-electron chi connectivity index (χ0n) is 21.2. The second-order valence-electron chi connectivity index (χ2n) is 9.49. The number of carbonyl (C=O) groups excluding carboxylic acids is 1. The number of hydrogen-bond acceptors (Lipinski definition) is 5. The number of rotatable bonds is 8. The van der Waals surface area contributed by atoms with E-state index in [9.17, 15) is 13.2 Å². The number of aromatic nitrogens is 1. The molecule has 7 nitrogen and oxygen atoms in total. The summed E-state index contributed by atoms with van der Waals surface area (Å²) in [5.74, 6) is 0. The summed E-state index contributed by atoms with van der Waals surface area (Å²) in [5, 5.41) is 0. The molecule has 0 radical (unpaired) electrons. The number of pyridine rings is 1. The van der Waals surface area contributed by atoms with Gasteiger partial charge in [-0.1, -0.05) is 54.6 Å². The number of cyclic esters (lactones) is 1. The Hall–Kier alpha value is -3.23. The molecule has 4 rings (SSSR count). The summed E-state index contributed by atoms with van der Waals surface area (Å²) < 4.78 is 31.3. The molecule has 0 bridgehead atoms. The van der Waals surface area contributed by atoms with Gasteiger partial charge in [0, 0.05) is 44.9 Å².